The monoisotopic (exact) mass is 262 g/mol. The van der Waals surface area contributed by atoms with Gasteiger partial charge in [0.05, 0.1) is 11.4 Å². The maximum absolute atomic E-state index is 13.4. The molecule has 3 N–H and O–H groups in total. The zero-order chi connectivity index (χ0) is 13.8. The molecule has 0 aliphatic rings. The standard InChI is InChI=1S/C15H16F2N2/c1-10-2-5-15(14(18)8-10)19-7-6-11-3-4-12(16)9-13(11)17/h2-5,8-9,19H,6-7,18H2,1H3. The van der Waals surface area contributed by atoms with Crippen LogP contribution in [0.25, 0.3) is 0 Å². The molecule has 0 amide bonds. The van der Waals surface area contributed by atoms with Crippen LogP contribution in [0, 0.1) is 18.6 Å². The van der Waals surface area contributed by atoms with Crippen LogP contribution < -0.4 is 11.1 Å². The first-order valence-corrected chi connectivity index (χ1v) is 6.10. The van der Waals surface area contributed by atoms with Gasteiger partial charge in [0.1, 0.15) is 11.6 Å². The van der Waals surface area contributed by atoms with E-state index >= 15 is 0 Å². The molecule has 2 rings (SSSR count). The summed E-state index contributed by atoms with van der Waals surface area (Å²) < 4.78 is 26.2. The van der Waals surface area contributed by atoms with Crippen LogP contribution >= 0.6 is 0 Å². The van der Waals surface area contributed by atoms with Crippen molar-refractivity contribution in [1.29, 1.82) is 0 Å². The van der Waals surface area contributed by atoms with Gasteiger partial charge in [0, 0.05) is 12.6 Å². The highest BCUT2D eigenvalue weighted by atomic mass is 19.1. The Balaban J connectivity index is 1.96. The summed E-state index contributed by atoms with van der Waals surface area (Å²) in [6.07, 6.45) is 0.472. The highest BCUT2D eigenvalue weighted by molar-refractivity contribution is 5.66. The number of anilines is 2. The molecule has 0 atom stereocenters. The zero-order valence-corrected chi connectivity index (χ0v) is 10.7. The van der Waals surface area contributed by atoms with E-state index in [9.17, 15) is 8.78 Å². The maximum atomic E-state index is 13.4. The minimum absolute atomic E-state index is 0.472. The molecule has 0 fully saturated rings. The van der Waals surface area contributed by atoms with E-state index in [1.54, 1.807) is 0 Å². The molecule has 0 spiro atoms. The van der Waals surface area contributed by atoms with Crippen molar-refractivity contribution in [2.75, 3.05) is 17.6 Å². The zero-order valence-electron chi connectivity index (χ0n) is 10.7. The van der Waals surface area contributed by atoms with E-state index in [0.717, 1.165) is 17.3 Å². The smallest absolute Gasteiger partial charge is 0.129 e. The van der Waals surface area contributed by atoms with E-state index in [4.69, 9.17) is 5.73 Å². The molecule has 0 aromatic heterocycles. The van der Waals surface area contributed by atoms with Crippen LogP contribution in [-0.4, -0.2) is 6.54 Å². The Morgan fingerprint density at radius 1 is 1.11 bits per heavy atom. The van der Waals surface area contributed by atoms with Crippen molar-refractivity contribution in [3.63, 3.8) is 0 Å². The van der Waals surface area contributed by atoms with Gasteiger partial charge in [-0.2, -0.15) is 0 Å². The fourth-order valence-electron chi connectivity index (χ4n) is 1.90. The van der Waals surface area contributed by atoms with Crippen LogP contribution in [-0.2, 0) is 6.42 Å². The Kier molecular flexibility index (Phi) is 4.00. The predicted molar refractivity (Wildman–Crippen MR) is 74.1 cm³/mol. The summed E-state index contributed by atoms with van der Waals surface area (Å²) in [7, 11) is 0. The van der Waals surface area contributed by atoms with E-state index in [1.807, 2.05) is 25.1 Å². The van der Waals surface area contributed by atoms with Crippen molar-refractivity contribution >= 4 is 11.4 Å². The van der Waals surface area contributed by atoms with Gasteiger partial charge in [-0.25, -0.2) is 8.78 Å². The molecule has 19 heavy (non-hydrogen) atoms. The highest BCUT2D eigenvalue weighted by Crippen LogP contribution is 2.19. The molecule has 2 nitrogen and oxygen atoms in total. The normalized spacial score (nSPS) is 10.5. The maximum Gasteiger partial charge on any atom is 0.129 e. The van der Waals surface area contributed by atoms with E-state index in [1.165, 1.54) is 12.1 Å². The number of rotatable bonds is 4. The summed E-state index contributed by atoms with van der Waals surface area (Å²) in [5, 5.41) is 3.15. The summed E-state index contributed by atoms with van der Waals surface area (Å²) in [6.45, 7) is 2.50. The van der Waals surface area contributed by atoms with Crippen LogP contribution in [0.2, 0.25) is 0 Å². The van der Waals surface area contributed by atoms with Gasteiger partial charge < -0.3 is 11.1 Å². The summed E-state index contributed by atoms with van der Waals surface area (Å²) >= 11 is 0. The van der Waals surface area contributed by atoms with Crippen LogP contribution in [0.3, 0.4) is 0 Å². The number of halogens is 2. The largest absolute Gasteiger partial charge is 0.397 e. The Morgan fingerprint density at radius 2 is 1.89 bits per heavy atom. The second kappa shape index (κ2) is 5.69. The molecule has 0 radical (unpaired) electrons. The lowest BCUT2D eigenvalue weighted by Gasteiger charge is -2.10. The minimum Gasteiger partial charge on any atom is -0.397 e. The first-order valence-electron chi connectivity index (χ1n) is 6.10. The molecular weight excluding hydrogens is 246 g/mol. The van der Waals surface area contributed by atoms with E-state index in [2.05, 4.69) is 5.32 Å². The van der Waals surface area contributed by atoms with Gasteiger partial charge in [-0.1, -0.05) is 12.1 Å². The highest BCUT2D eigenvalue weighted by Gasteiger charge is 2.04. The van der Waals surface area contributed by atoms with E-state index in [0.29, 0.717) is 24.2 Å². The van der Waals surface area contributed by atoms with Crippen molar-refractivity contribution < 1.29 is 8.78 Å². The molecule has 0 heterocycles. The SMILES string of the molecule is Cc1ccc(NCCc2ccc(F)cc2F)c(N)c1. The van der Waals surface area contributed by atoms with Crippen LogP contribution in [0.1, 0.15) is 11.1 Å². The number of hydrogen-bond donors (Lipinski definition) is 2. The summed E-state index contributed by atoms with van der Waals surface area (Å²) in [5.41, 5.74) is 8.93. The average Bonchev–Trinajstić information content (AvgIpc) is 2.34. The Hall–Kier alpha value is -2.10. The van der Waals surface area contributed by atoms with Crippen molar-refractivity contribution in [3.8, 4) is 0 Å². The predicted octanol–water partition coefficient (Wildman–Crippen LogP) is 3.51. The topological polar surface area (TPSA) is 38.0 Å². The Bertz CT molecular complexity index is 531. The number of nitrogen functional groups attached to an aromatic ring is 1. The molecule has 0 aliphatic carbocycles. The lowest BCUT2D eigenvalue weighted by atomic mass is 10.1. The van der Waals surface area contributed by atoms with Crippen molar-refractivity contribution in [2.45, 2.75) is 13.3 Å². The summed E-state index contributed by atoms with van der Waals surface area (Å²) in [6, 6.07) is 9.35. The van der Waals surface area contributed by atoms with Crippen molar-refractivity contribution in [1.82, 2.24) is 0 Å². The molecule has 2 aromatic rings. The Labute approximate surface area is 111 Å². The summed E-state index contributed by atoms with van der Waals surface area (Å²) in [5.74, 6) is -1.07. The lowest BCUT2D eigenvalue weighted by molar-refractivity contribution is 0.572. The quantitative estimate of drug-likeness (QED) is 0.827. The molecule has 0 aliphatic heterocycles. The van der Waals surface area contributed by atoms with Crippen LogP contribution in [0.15, 0.2) is 36.4 Å². The van der Waals surface area contributed by atoms with Gasteiger partial charge in [0.25, 0.3) is 0 Å². The van der Waals surface area contributed by atoms with Crippen molar-refractivity contribution in [2.24, 2.45) is 0 Å². The van der Waals surface area contributed by atoms with Crippen LogP contribution in [0.4, 0.5) is 20.2 Å². The number of nitrogens with two attached hydrogens (primary N) is 1. The number of nitrogens with one attached hydrogen (secondary N) is 1. The third-order valence-corrected chi connectivity index (χ3v) is 2.93. The molecule has 0 bridgehead atoms. The van der Waals surface area contributed by atoms with Crippen LogP contribution in [0.5, 0.6) is 0 Å². The van der Waals surface area contributed by atoms with Gasteiger partial charge in [-0.3, -0.25) is 0 Å². The van der Waals surface area contributed by atoms with Gasteiger partial charge >= 0.3 is 0 Å². The minimum atomic E-state index is -0.558. The Morgan fingerprint density at radius 3 is 2.58 bits per heavy atom. The number of benzene rings is 2. The van der Waals surface area contributed by atoms with E-state index in [-0.39, 0.29) is 0 Å². The molecule has 0 saturated heterocycles. The van der Waals surface area contributed by atoms with Gasteiger partial charge in [0.2, 0.25) is 0 Å². The van der Waals surface area contributed by atoms with E-state index < -0.39 is 11.6 Å². The number of hydrogen-bond acceptors (Lipinski definition) is 2. The fourth-order valence-corrected chi connectivity index (χ4v) is 1.90. The first-order chi connectivity index (χ1) is 9.06. The third kappa shape index (κ3) is 3.44. The second-order valence-electron chi connectivity index (χ2n) is 4.50. The molecule has 0 unspecified atom stereocenters. The van der Waals surface area contributed by atoms with Gasteiger partial charge in [-0.05, 0) is 42.7 Å². The molecule has 0 saturated carbocycles. The molecule has 4 heteroatoms. The fraction of sp³-hybridized carbons (Fsp3) is 0.200. The second-order valence-corrected chi connectivity index (χ2v) is 4.50. The first kappa shape index (κ1) is 13.3. The molecule has 2 aromatic carbocycles. The average molecular weight is 262 g/mol. The lowest BCUT2D eigenvalue weighted by Crippen LogP contribution is -2.08. The van der Waals surface area contributed by atoms with Gasteiger partial charge in [0.15, 0.2) is 0 Å². The molecular formula is C15H16F2N2. The van der Waals surface area contributed by atoms with Gasteiger partial charge in [-0.15, -0.1) is 0 Å². The third-order valence-electron chi connectivity index (χ3n) is 2.93. The molecule has 100 valence electrons. The number of aryl methyl sites for hydroxylation is 1. The summed E-state index contributed by atoms with van der Waals surface area (Å²) in [4.78, 5) is 0. The van der Waals surface area contributed by atoms with Crippen molar-refractivity contribution in [3.05, 3.63) is 59.2 Å².